The minimum Gasteiger partial charge on any atom is -0.394 e. The third-order valence-electron chi connectivity index (χ3n) is 8.93. The van der Waals surface area contributed by atoms with Crippen molar-refractivity contribution in [2.75, 3.05) is 6.61 Å². The van der Waals surface area contributed by atoms with Gasteiger partial charge in [-0.1, -0.05) is 179 Å². The zero-order valence-corrected chi connectivity index (χ0v) is 29.7. The molecule has 0 heterocycles. The summed E-state index contributed by atoms with van der Waals surface area (Å²) in [7, 11) is 0. The molecule has 4 heteroatoms. The summed E-state index contributed by atoms with van der Waals surface area (Å²) >= 11 is 0. The standard InChI is InChI=1S/C40H77NO3/c1-3-5-7-9-11-13-15-17-19-20-22-24-26-28-30-32-34-36-40(44)41-38(37-42)39(43)35-33-31-29-27-25-23-21-18-16-14-12-10-8-6-4-2/h17,19,33,35,38-39,42-43H,3-16,18,20-32,34,36-37H2,1-2H3,(H,41,44)/b19-17+,35-33+/t38-,39+/m0/s1. The Morgan fingerprint density at radius 3 is 1.25 bits per heavy atom. The Hall–Kier alpha value is -1.13. The van der Waals surface area contributed by atoms with Crippen LogP contribution in [0.25, 0.3) is 0 Å². The van der Waals surface area contributed by atoms with Crippen LogP contribution in [0.3, 0.4) is 0 Å². The zero-order valence-electron chi connectivity index (χ0n) is 29.7. The van der Waals surface area contributed by atoms with Crippen LogP contribution in [0.4, 0.5) is 0 Å². The average molecular weight is 620 g/mol. The molecule has 2 atom stereocenters. The number of amides is 1. The van der Waals surface area contributed by atoms with E-state index in [0.717, 1.165) is 25.7 Å². The second kappa shape index (κ2) is 36.3. The van der Waals surface area contributed by atoms with Crippen LogP contribution in [0, 0.1) is 0 Å². The highest BCUT2D eigenvalue weighted by atomic mass is 16.3. The number of carbonyl (C=O) groups excluding carboxylic acids is 1. The summed E-state index contributed by atoms with van der Waals surface area (Å²) in [5.41, 5.74) is 0. The second-order valence-electron chi connectivity index (χ2n) is 13.3. The second-order valence-corrected chi connectivity index (χ2v) is 13.3. The highest BCUT2D eigenvalue weighted by molar-refractivity contribution is 5.76. The molecule has 0 radical (unpaired) electrons. The number of hydrogen-bond acceptors (Lipinski definition) is 3. The molecule has 0 rings (SSSR count). The maximum absolute atomic E-state index is 12.3. The molecule has 0 saturated carbocycles. The summed E-state index contributed by atoms with van der Waals surface area (Å²) in [6.45, 7) is 4.30. The van der Waals surface area contributed by atoms with Crippen molar-refractivity contribution in [1.82, 2.24) is 5.32 Å². The predicted octanol–water partition coefficient (Wildman–Crippen LogP) is 11.7. The van der Waals surface area contributed by atoms with Crippen LogP contribution in [0.1, 0.15) is 206 Å². The minimum atomic E-state index is -0.837. The molecule has 4 nitrogen and oxygen atoms in total. The Kier molecular flexibility index (Phi) is 35.4. The quantitative estimate of drug-likeness (QED) is 0.0488. The van der Waals surface area contributed by atoms with Gasteiger partial charge < -0.3 is 15.5 Å². The summed E-state index contributed by atoms with van der Waals surface area (Å²) in [5, 5.41) is 22.9. The molecular weight excluding hydrogens is 542 g/mol. The number of allylic oxidation sites excluding steroid dienone is 3. The molecule has 0 bridgehead atoms. The number of aliphatic hydroxyl groups is 2. The number of carbonyl (C=O) groups is 1. The summed E-state index contributed by atoms with van der Waals surface area (Å²) in [6, 6.07) is -0.620. The minimum absolute atomic E-state index is 0.0688. The average Bonchev–Trinajstić information content (AvgIpc) is 3.03. The maximum atomic E-state index is 12.3. The van der Waals surface area contributed by atoms with Gasteiger partial charge >= 0.3 is 0 Å². The van der Waals surface area contributed by atoms with Crippen molar-refractivity contribution >= 4 is 5.91 Å². The first-order valence-corrected chi connectivity index (χ1v) is 19.6. The van der Waals surface area contributed by atoms with Crippen LogP contribution in [-0.4, -0.2) is 34.9 Å². The van der Waals surface area contributed by atoms with E-state index < -0.39 is 12.1 Å². The van der Waals surface area contributed by atoms with E-state index in [4.69, 9.17) is 0 Å². The number of aliphatic hydroxyl groups excluding tert-OH is 2. The van der Waals surface area contributed by atoms with Crippen molar-refractivity contribution in [2.24, 2.45) is 0 Å². The first-order valence-electron chi connectivity index (χ1n) is 19.6. The van der Waals surface area contributed by atoms with Gasteiger partial charge in [0.25, 0.3) is 0 Å². The third-order valence-corrected chi connectivity index (χ3v) is 8.93. The summed E-state index contributed by atoms with van der Waals surface area (Å²) in [6.07, 6.45) is 45.5. The molecule has 44 heavy (non-hydrogen) atoms. The Morgan fingerprint density at radius 2 is 0.864 bits per heavy atom. The van der Waals surface area contributed by atoms with E-state index in [1.54, 1.807) is 6.08 Å². The van der Waals surface area contributed by atoms with Crippen molar-refractivity contribution in [1.29, 1.82) is 0 Å². The van der Waals surface area contributed by atoms with Crippen molar-refractivity contribution in [3.63, 3.8) is 0 Å². The molecule has 260 valence electrons. The highest BCUT2D eigenvalue weighted by Crippen LogP contribution is 2.14. The highest BCUT2D eigenvalue weighted by Gasteiger charge is 2.17. The monoisotopic (exact) mass is 620 g/mol. The third kappa shape index (κ3) is 32.3. The Bertz CT molecular complexity index is 632. The molecule has 0 aromatic carbocycles. The molecule has 0 aliphatic rings. The van der Waals surface area contributed by atoms with Gasteiger partial charge in [-0.3, -0.25) is 4.79 Å². The van der Waals surface area contributed by atoms with E-state index in [1.165, 1.54) is 161 Å². The van der Waals surface area contributed by atoms with Gasteiger partial charge in [0.2, 0.25) is 5.91 Å². The lowest BCUT2D eigenvalue weighted by Gasteiger charge is -2.20. The SMILES string of the molecule is CCCCCCCC/C=C/CCCCCCCCCC(=O)N[C@@H](CO)[C@H](O)/C=C/CCCCCCCCCCCCCCC. The Balaban J connectivity index is 3.60. The lowest BCUT2D eigenvalue weighted by molar-refractivity contribution is -0.123. The van der Waals surface area contributed by atoms with Crippen LogP contribution in [0.5, 0.6) is 0 Å². The van der Waals surface area contributed by atoms with Gasteiger partial charge in [-0.25, -0.2) is 0 Å². The maximum Gasteiger partial charge on any atom is 0.220 e. The topological polar surface area (TPSA) is 69.6 Å². The van der Waals surface area contributed by atoms with Crippen LogP contribution in [0.2, 0.25) is 0 Å². The van der Waals surface area contributed by atoms with E-state index >= 15 is 0 Å². The van der Waals surface area contributed by atoms with E-state index in [1.807, 2.05) is 6.08 Å². The van der Waals surface area contributed by atoms with Gasteiger partial charge in [-0.2, -0.15) is 0 Å². The predicted molar refractivity (Wildman–Crippen MR) is 193 cm³/mol. The number of nitrogens with one attached hydrogen (secondary N) is 1. The van der Waals surface area contributed by atoms with Crippen LogP contribution >= 0.6 is 0 Å². The molecule has 0 unspecified atom stereocenters. The Morgan fingerprint density at radius 1 is 0.523 bits per heavy atom. The van der Waals surface area contributed by atoms with E-state index in [-0.39, 0.29) is 12.5 Å². The lowest BCUT2D eigenvalue weighted by Crippen LogP contribution is -2.45. The summed E-state index contributed by atoms with van der Waals surface area (Å²) < 4.78 is 0. The molecule has 0 aliphatic carbocycles. The molecule has 1 amide bonds. The van der Waals surface area contributed by atoms with Crippen molar-refractivity contribution in [2.45, 2.75) is 219 Å². The van der Waals surface area contributed by atoms with Crippen LogP contribution < -0.4 is 5.32 Å². The van der Waals surface area contributed by atoms with Crippen molar-refractivity contribution in [3.05, 3.63) is 24.3 Å². The van der Waals surface area contributed by atoms with E-state index in [0.29, 0.717) is 6.42 Å². The lowest BCUT2D eigenvalue weighted by atomic mass is 10.0. The smallest absolute Gasteiger partial charge is 0.220 e. The largest absolute Gasteiger partial charge is 0.394 e. The summed E-state index contributed by atoms with van der Waals surface area (Å²) in [4.78, 5) is 12.3. The molecule has 0 spiro atoms. The van der Waals surface area contributed by atoms with Gasteiger partial charge in [0, 0.05) is 6.42 Å². The molecule has 3 N–H and O–H groups in total. The fraction of sp³-hybridized carbons (Fsp3) is 0.875. The molecule has 0 saturated heterocycles. The fourth-order valence-corrected chi connectivity index (χ4v) is 5.88. The first-order chi connectivity index (χ1) is 21.7. The van der Waals surface area contributed by atoms with Gasteiger partial charge in [0.05, 0.1) is 18.8 Å². The van der Waals surface area contributed by atoms with Crippen molar-refractivity contribution in [3.8, 4) is 0 Å². The number of rotatable bonds is 35. The first kappa shape index (κ1) is 42.9. The van der Waals surface area contributed by atoms with Gasteiger partial charge in [-0.05, 0) is 44.9 Å². The summed E-state index contributed by atoms with van der Waals surface area (Å²) in [5.74, 6) is -0.0688. The molecule has 0 aliphatic heterocycles. The van der Waals surface area contributed by atoms with Gasteiger partial charge in [0.1, 0.15) is 0 Å². The number of hydrogen-bond donors (Lipinski definition) is 3. The van der Waals surface area contributed by atoms with E-state index in [2.05, 4.69) is 31.3 Å². The van der Waals surface area contributed by atoms with Crippen LogP contribution in [-0.2, 0) is 4.79 Å². The molecule has 0 aromatic rings. The van der Waals surface area contributed by atoms with Crippen LogP contribution in [0.15, 0.2) is 24.3 Å². The van der Waals surface area contributed by atoms with Crippen molar-refractivity contribution < 1.29 is 15.0 Å². The number of unbranched alkanes of at least 4 members (excludes halogenated alkanes) is 26. The fourth-order valence-electron chi connectivity index (χ4n) is 5.88. The van der Waals surface area contributed by atoms with Gasteiger partial charge in [-0.15, -0.1) is 0 Å². The normalized spacial score (nSPS) is 13.3. The molecular formula is C40H77NO3. The van der Waals surface area contributed by atoms with Gasteiger partial charge in [0.15, 0.2) is 0 Å². The molecule has 0 aromatic heterocycles. The van der Waals surface area contributed by atoms with E-state index in [9.17, 15) is 15.0 Å². The zero-order chi connectivity index (χ0) is 32.2. The Labute approximate surface area is 275 Å². The molecule has 0 fully saturated rings.